The minimum Gasteiger partial charge on any atom is -0.393 e. The number of aliphatic hydroxyl groups excluding tert-OH is 1. The van der Waals surface area contributed by atoms with Crippen molar-refractivity contribution in [1.29, 1.82) is 0 Å². The minimum absolute atomic E-state index is 0.0740. The Balaban J connectivity index is 1.49. The van der Waals surface area contributed by atoms with Gasteiger partial charge in [-0.2, -0.15) is 15.0 Å². The van der Waals surface area contributed by atoms with Gasteiger partial charge in [0.25, 0.3) is 0 Å². The Morgan fingerprint density at radius 1 is 1.00 bits per heavy atom. The molecule has 12 nitrogen and oxygen atoms in total. The number of nitrogens with zero attached hydrogens (tertiary/aromatic N) is 3. The monoisotopic (exact) mass is 528 g/mol. The summed E-state index contributed by atoms with van der Waals surface area (Å²) in [7, 11) is 0. The van der Waals surface area contributed by atoms with Crippen molar-refractivity contribution in [1.82, 2.24) is 20.3 Å². The molecule has 1 amide bonds. The van der Waals surface area contributed by atoms with Gasteiger partial charge in [-0.25, -0.2) is 0 Å². The summed E-state index contributed by atoms with van der Waals surface area (Å²) >= 11 is 0. The van der Waals surface area contributed by atoms with Crippen LogP contribution in [0.2, 0.25) is 0 Å². The number of rotatable bonds is 17. The van der Waals surface area contributed by atoms with Crippen molar-refractivity contribution in [2.45, 2.75) is 44.2 Å². The number of nitrogens with one attached hydrogen (secondary N) is 4. The standard InChI is InChI=1S/C26H40N8O4/c1-2-12-29-24-32-25(34-26(33-24)31-21-7-9-22(35)10-8-21)30-20-5-3-19(4-6-20)18-23(36)28-13-15-38-17-16-37-14-11-27/h2-6,21-22,35H,1,7-18,27H2,(H,28,36)(H3,29,30,31,32,33,34). The lowest BCUT2D eigenvalue weighted by Gasteiger charge is -2.26. The van der Waals surface area contributed by atoms with Crippen LogP contribution >= 0.6 is 0 Å². The van der Waals surface area contributed by atoms with E-state index in [2.05, 4.69) is 42.8 Å². The van der Waals surface area contributed by atoms with Gasteiger partial charge in [0.1, 0.15) is 0 Å². The van der Waals surface area contributed by atoms with E-state index in [0.29, 0.717) is 63.9 Å². The number of ether oxygens (including phenoxy) is 2. The summed E-state index contributed by atoms with van der Waals surface area (Å²) < 4.78 is 10.6. The molecule has 1 aliphatic rings. The van der Waals surface area contributed by atoms with Crippen LogP contribution in [0.15, 0.2) is 36.9 Å². The molecule has 0 spiro atoms. The first-order valence-corrected chi connectivity index (χ1v) is 13.1. The number of amides is 1. The zero-order valence-corrected chi connectivity index (χ0v) is 21.8. The maximum Gasteiger partial charge on any atom is 0.233 e. The number of hydrogen-bond donors (Lipinski definition) is 6. The van der Waals surface area contributed by atoms with Gasteiger partial charge < -0.3 is 41.6 Å². The molecule has 2 aromatic rings. The first-order valence-electron chi connectivity index (χ1n) is 13.1. The first-order chi connectivity index (χ1) is 18.6. The highest BCUT2D eigenvalue weighted by molar-refractivity contribution is 5.78. The summed E-state index contributed by atoms with van der Waals surface area (Å²) in [5.41, 5.74) is 7.02. The van der Waals surface area contributed by atoms with Crippen molar-refractivity contribution in [3.63, 3.8) is 0 Å². The molecular weight excluding hydrogens is 488 g/mol. The maximum atomic E-state index is 12.2. The molecule has 1 aromatic heterocycles. The van der Waals surface area contributed by atoms with Gasteiger partial charge >= 0.3 is 0 Å². The van der Waals surface area contributed by atoms with Crippen molar-refractivity contribution < 1.29 is 19.4 Å². The van der Waals surface area contributed by atoms with E-state index in [-0.39, 0.29) is 24.5 Å². The normalized spacial score (nSPS) is 17.0. The molecule has 1 saturated carbocycles. The zero-order chi connectivity index (χ0) is 27.0. The van der Waals surface area contributed by atoms with Crippen LogP contribution in [0, 0.1) is 0 Å². The number of nitrogens with two attached hydrogens (primary N) is 1. The fourth-order valence-electron chi connectivity index (χ4n) is 3.89. The topological polar surface area (TPSA) is 169 Å². The highest BCUT2D eigenvalue weighted by Crippen LogP contribution is 2.22. The Morgan fingerprint density at radius 2 is 1.68 bits per heavy atom. The van der Waals surface area contributed by atoms with Crippen LogP contribution in [-0.2, 0) is 20.7 Å². The largest absolute Gasteiger partial charge is 0.393 e. The van der Waals surface area contributed by atoms with E-state index in [1.165, 1.54) is 0 Å². The molecular formula is C26H40N8O4. The average molecular weight is 529 g/mol. The molecule has 1 aromatic carbocycles. The third kappa shape index (κ3) is 11.0. The highest BCUT2D eigenvalue weighted by atomic mass is 16.5. The van der Waals surface area contributed by atoms with E-state index >= 15 is 0 Å². The lowest BCUT2D eigenvalue weighted by atomic mass is 9.93. The smallest absolute Gasteiger partial charge is 0.233 e. The van der Waals surface area contributed by atoms with Crippen LogP contribution in [0.5, 0.6) is 0 Å². The molecule has 1 heterocycles. The van der Waals surface area contributed by atoms with Gasteiger partial charge in [-0.15, -0.1) is 6.58 Å². The van der Waals surface area contributed by atoms with Gasteiger partial charge in [-0.3, -0.25) is 4.79 Å². The molecule has 0 radical (unpaired) electrons. The summed E-state index contributed by atoms with van der Waals surface area (Å²) in [6.45, 7) is 7.08. The lowest BCUT2D eigenvalue weighted by Crippen LogP contribution is -2.29. The van der Waals surface area contributed by atoms with Crippen LogP contribution in [0.4, 0.5) is 23.5 Å². The Kier molecular flexibility index (Phi) is 12.7. The second kappa shape index (κ2) is 16.5. The summed E-state index contributed by atoms with van der Waals surface area (Å²) in [6, 6.07) is 7.73. The third-order valence-electron chi connectivity index (χ3n) is 5.85. The SMILES string of the molecule is C=CCNc1nc(Nc2ccc(CC(=O)NCCOCCOCCN)cc2)nc(NC2CCC(O)CC2)n1. The predicted molar refractivity (Wildman–Crippen MR) is 148 cm³/mol. The van der Waals surface area contributed by atoms with E-state index in [4.69, 9.17) is 15.2 Å². The van der Waals surface area contributed by atoms with Crippen molar-refractivity contribution in [2.75, 3.05) is 62.0 Å². The number of aromatic nitrogens is 3. The Labute approximate surface area is 223 Å². The van der Waals surface area contributed by atoms with Crippen LogP contribution in [-0.4, -0.2) is 84.2 Å². The number of anilines is 4. The fourth-order valence-corrected chi connectivity index (χ4v) is 3.89. The number of aliphatic hydroxyl groups is 1. The number of hydrogen-bond acceptors (Lipinski definition) is 11. The predicted octanol–water partition coefficient (Wildman–Crippen LogP) is 1.58. The zero-order valence-electron chi connectivity index (χ0n) is 21.8. The Bertz CT molecular complexity index is 984. The van der Waals surface area contributed by atoms with E-state index < -0.39 is 0 Å². The molecule has 1 aliphatic carbocycles. The van der Waals surface area contributed by atoms with Gasteiger partial charge in [0.2, 0.25) is 23.8 Å². The molecule has 0 aliphatic heterocycles. The van der Waals surface area contributed by atoms with E-state index in [0.717, 1.165) is 36.9 Å². The molecule has 38 heavy (non-hydrogen) atoms. The number of carbonyl (C=O) groups excluding carboxylic acids is 1. The van der Waals surface area contributed by atoms with Gasteiger partial charge in [0.05, 0.1) is 39.0 Å². The molecule has 0 bridgehead atoms. The summed E-state index contributed by atoms with van der Waals surface area (Å²) in [4.78, 5) is 25.7. The van der Waals surface area contributed by atoms with Crippen LogP contribution in [0.25, 0.3) is 0 Å². The molecule has 12 heteroatoms. The molecule has 208 valence electrons. The highest BCUT2D eigenvalue weighted by Gasteiger charge is 2.20. The molecule has 0 atom stereocenters. The Hall–Kier alpha value is -3.32. The van der Waals surface area contributed by atoms with Gasteiger partial charge in [0, 0.05) is 31.4 Å². The second-order valence-electron chi connectivity index (χ2n) is 8.99. The van der Waals surface area contributed by atoms with E-state index in [9.17, 15) is 9.90 Å². The Morgan fingerprint density at radius 3 is 2.39 bits per heavy atom. The first kappa shape index (κ1) is 29.2. The van der Waals surface area contributed by atoms with Crippen molar-refractivity contribution in [2.24, 2.45) is 5.73 Å². The van der Waals surface area contributed by atoms with E-state index in [1.807, 2.05) is 24.3 Å². The van der Waals surface area contributed by atoms with Crippen LogP contribution in [0.3, 0.4) is 0 Å². The number of benzene rings is 1. The molecule has 7 N–H and O–H groups in total. The summed E-state index contributed by atoms with van der Waals surface area (Å²) in [5, 5.41) is 22.3. The van der Waals surface area contributed by atoms with Crippen molar-refractivity contribution in [3.05, 3.63) is 42.5 Å². The van der Waals surface area contributed by atoms with Crippen LogP contribution < -0.4 is 27.0 Å². The van der Waals surface area contributed by atoms with Gasteiger partial charge in [-0.1, -0.05) is 18.2 Å². The maximum absolute atomic E-state index is 12.2. The lowest BCUT2D eigenvalue weighted by molar-refractivity contribution is -0.120. The molecule has 1 fully saturated rings. The van der Waals surface area contributed by atoms with E-state index in [1.54, 1.807) is 6.08 Å². The second-order valence-corrected chi connectivity index (χ2v) is 8.99. The average Bonchev–Trinajstić information content (AvgIpc) is 2.91. The summed E-state index contributed by atoms with van der Waals surface area (Å²) in [6.07, 6.45) is 5.01. The van der Waals surface area contributed by atoms with Crippen molar-refractivity contribution >= 4 is 29.4 Å². The summed E-state index contributed by atoms with van der Waals surface area (Å²) in [5.74, 6) is 1.22. The molecule has 3 rings (SSSR count). The third-order valence-corrected chi connectivity index (χ3v) is 5.85. The minimum atomic E-state index is -0.228. The fraction of sp³-hybridized carbons (Fsp3) is 0.538. The number of carbonyl (C=O) groups is 1. The van der Waals surface area contributed by atoms with Crippen LogP contribution in [0.1, 0.15) is 31.2 Å². The van der Waals surface area contributed by atoms with Crippen molar-refractivity contribution in [3.8, 4) is 0 Å². The van der Waals surface area contributed by atoms with Gasteiger partial charge in [0.15, 0.2) is 0 Å². The van der Waals surface area contributed by atoms with Gasteiger partial charge in [-0.05, 0) is 43.4 Å². The quantitative estimate of drug-likeness (QED) is 0.130. The molecule has 0 unspecified atom stereocenters. The molecule has 0 saturated heterocycles.